The molecule has 0 fully saturated rings. The lowest BCUT2D eigenvalue weighted by molar-refractivity contribution is -0.134. The van der Waals surface area contributed by atoms with Crippen molar-refractivity contribution in [3.63, 3.8) is 0 Å². The van der Waals surface area contributed by atoms with Crippen molar-refractivity contribution in [2.75, 3.05) is 23.8 Å². The number of esters is 1. The average molecular weight is 406 g/mol. The number of rotatable bonds is 9. The minimum absolute atomic E-state index is 0.0896. The fourth-order valence-corrected chi connectivity index (χ4v) is 3.26. The van der Waals surface area contributed by atoms with Crippen LogP contribution in [0.1, 0.15) is 12.5 Å². The van der Waals surface area contributed by atoms with Gasteiger partial charge in [-0.1, -0.05) is 18.2 Å². The molecule has 1 unspecified atom stereocenters. The molecule has 0 saturated carbocycles. The van der Waals surface area contributed by atoms with Gasteiger partial charge in [0.15, 0.2) is 0 Å². The molecule has 0 radical (unpaired) electrons. The Kier molecular flexibility index (Phi) is 9.92. The number of carbonyl (C=O) groups excluding carboxylic acids is 1. The molecule has 1 aromatic carbocycles. The summed E-state index contributed by atoms with van der Waals surface area (Å²) in [7, 11) is 0.153. The van der Waals surface area contributed by atoms with Crippen LogP contribution in [-0.4, -0.2) is 29.3 Å². The Balaban J connectivity index is 2.89. The second-order valence-electron chi connectivity index (χ2n) is 5.15. The lowest BCUT2D eigenvalue weighted by Gasteiger charge is -2.09. The lowest BCUT2D eigenvalue weighted by Crippen LogP contribution is -2.03. The van der Waals surface area contributed by atoms with Crippen LogP contribution in [0, 0.1) is 5.41 Å². The highest BCUT2D eigenvalue weighted by Crippen LogP contribution is 2.22. The zero-order valence-corrected chi connectivity index (χ0v) is 17.0. The number of hydrogen-bond donors (Lipinski definition) is 3. The Hall–Kier alpha value is -2.58. The Bertz CT molecular complexity index is 827. The third-order valence-electron chi connectivity index (χ3n) is 3.18. The van der Waals surface area contributed by atoms with Gasteiger partial charge in [0.1, 0.15) is 0 Å². The molecule has 0 aliphatic heterocycles. The van der Waals surface area contributed by atoms with Gasteiger partial charge in [0, 0.05) is 39.6 Å². The maximum absolute atomic E-state index is 11.8. The fraction of sp³-hybridized carbons (Fsp3) is 0.158. The highest BCUT2D eigenvalue weighted by atomic mass is 32.2. The van der Waals surface area contributed by atoms with Crippen molar-refractivity contribution in [3.8, 4) is 0 Å². The molecule has 27 heavy (non-hydrogen) atoms. The van der Waals surface area contributed by atoms with E-state index in [0.29, 0.717) is 16.2 Å². The number of nitrogens with one attached hydrogen (secondary N) is 2. The van der Waals surface area contributed by atoms with Crippen molar-refractivity contribution in [1.82, 2.24) is 0 Å². The number of anilines is 2. The number of hydrogen-bond acceptors (Lipinski definition) is 7. The van der Waals surface area contributed by atoms with E-state index in [1.165, 1.54) is 31.2 Å². The maximum atomic E-state index is 11.8. The Morgan fingerprint density at radius 1 is 1.30 bits per heavy atom. The summed E-state index contributed by atoms with van der Waals surface area (Å²) in [5.41, 5.74) is 7.63. The van der Waals surface area contributed by atoms with Gasteiger partial charge in [-0.2, -0.15) is 0 Å². The van der Waals surface area contributed by atoms with Crippen molar-refractivity contribution in [2.45, 2.75) is 6.92 Å². The van der Waals surface area contributed by atoms with Crippen LogP contribution in [0.2, 0.25) is 0 Å². The van der Waals surface area contributed by atoms with Crippen molar-refractivity contribution in [3.05, 3.63) is 70.5 Å². The standard InChI is InChI=1S/C19H23N3O3S2/c1-4-5-6-7-15(27(3)24)13-26-22-14-8-9-17(20)16(12-14)18(21)10-11-19(23)25-2/h4-13,21-22H,20H2,1-3H3/b5-4-,7-6-,11-10+,15-13-,21-18?. The van der Waals surface area contributed by atoms with Crippen LogP contribution in [0.3, 0.4) is 0 Å². The molecule has 0 heterocycles. The third-order valence-corrected chi connectivity index (χ3v) is 4.97. The molecule has 0 spiro atoms. The van der Waals surface area contributed by atoms with E-state index in [4.69, 9.17) is 11.1 Å². The van der Waals surface area contributed by atoms with Crippen LogP contribution in [0.4, 0.5) is 11.4 Å². The quantitative estimate of drug-likeness (QED) is 0.144. The summed E-state index contributed by atoms with van der Waals surface area (Å²) in [5.74, 6) is -0.542. The normalized spacial score (nSPS) is 13.4. The SMILES string of the molecule is C\C=C/C=C\C(=C\SNc1ccc(N)c(C(=N)/C=C/C(=O)OC)c1)S(C)=O. The van der Waals surface area contributed by atoms with E-state index in [2.05, 4.69) is 9.46 Å². The van der Waals surface area contributed by atoms with Crippen molar-refractivity contribution in [2.24, 2.45) is 0 Å². The molecule has 6 nitrogen and oxygen atoms in total. The summed E-state index contributed by atoms with van der Waals surface area (Å²) in [5, 5.41) is 9.81. The van der Waals surface area contributed by atoms with Gasteiger partial charge in [-0.25, -0.2) is 4.79 Å². The van der Waals surface area contributed by atoms with E-state index < -0.39 is 16.8 Å². The number of benzene rings is 1. The zero-order chi connectivity index (χ0) is 20.2. The van der Waals surface area contributed by atoms with E-state index in [1.54, 1.807) is 35.9 Å². The predicted molar refractivity (Wildman–Crippen MR) is 116 cm³/mol. The first-order chi connectivity index (χ1) is 12.9. The van der Waals surface area contributed by atoms with E-state index in [1.807, 2.05) is 25.2 Å². The summed E-state index contributed by atoms with van der Waals surface area (Å²) in [6.07, 6.45) is 11.5. The summed E-state index contributed by atoms with van der Waals surface area (Å²) in [6, 6.07) is 5.15. The second kappa shape index (κ2) is 11.9. The van der Waals surface area contributed by atoms with Gasteiger partial charge < -0.3 is 20.6 Å². The number of carbonyl (C=O) groups is 1. The van der Waals surface area contributed by atoms with Crippen LogP contribution in [0.5, 0.6) is 0 Å². The zero-order valence-electron chi connectivity index (χ0n) is 15.4. The van der Waals surface area contributed by atoms with E-state index in [9.17, 15) is 9.00 Å². The van der Waals surface area contributed by atoms with E-state index in [0.717, 1.165) is 5.69 Å². The molecule has 4 N–H and O–H groups in total. The summed E-state index contributed by atoms with van der Waals surface area (Å²) >= 11 is 1.27. The first-order valence-corrected chi connectivity index (χ1v) is 10.3. The van der Waals surface area contributed by atoms with Gasteiger partial charge in [0.25, 0.3) is 0 Å². The van der Waals surface area contributed by atoms with Crippen molar-refractivity contribution >= 4 is 45.8 Å². The minimum atomic E-state index is -1.12. The highest BCUT2D eigenvalue weighted by Gasteiger charge is 2.06. The highest BCUT2D eigenvalue weighted by molar-refractivity contribution is 8.04. The maximum Gasteiger partial charge on any atom is 0.330 e. The first-order valence-electron chi connectivity index (χ1n) is 7.88. The molecule has 0 bridgehead atoms. The molecule has 1 atom stereocenters. The smallest absolute Gasteiger partial charge is 0.330 e. The number of ether oxygens (including phenoxy) is 1. The van der Waals surface area contributed by atoms with Gasteiger partial charge in [-0.15, -0.1) is 0 Å². The van der Waals surface area contributed by atoms with Crippen LogP contribution >= 0.6 is 11.9 Å². The molecule has 0 aliphatic carbocycles. The lowest BCUT2D eigenvalue weighted by atomic mass is 10.1. The van der Waals surface area contributed by atoms with Gasteiger partial charge in [-0.05, 0) is 49.2 Å². The molecular formula is C19H23N3O3S2. The second-order valence-corrected chi connectivity index (χ2v) is 7.21. The summed E-state index contributed by atoms with van der Waals surface area (Å²) in [6.45, 7) is 1.91. The first kappa shape index (κ1) is 22.5. The van der Waals surface area contributed by atoms with E-state index >= 15 is 0 Å². The monoisotopic (exact) mass is 405 g/mol. The van der Waals surface area contributed by atoms with Crippen molar-refractivity contribution in [1.29, 1.82) is 5.41 Å². The summed E-state index contributed by atoms with van der Waals surface area (Å²) < 4.78 is 19.4. The molecule has 0 aromatic heterocycles. The van der Waals surface area contributed by atoms with E-state index in [-0.39, 0.29) is 5.71 Å². The average Bonchev–Trinajstić information content (AvgIpc) is 2.65. The Labute approximate surface area is 166 Å². The summed E-state index contributed by atoms with van der Waals surface area (Å²) in [4.78, 5) is 11.8. The van der Waals surface area contributed by atoms with Crippen LogP contribution in [0.15, 0.2) is 65.0 Å². The molecule has 8 heteroatoms. The van der Waals surface area contributed by atoms with Crippen LogP contribution < -0.4 is 10.5 Å². The van der Waals surface area contributed by atoms with Gasteiger partial charge in [0.05, 0.1) is 23.6 Å². The number of nitrogen functional groups attached to an aromatic ring is 1. The largest absolute Gasteiger partial charge is 0.466 e. The molecular weight excluding hydrogens is 382 g/mol. The third kappa shape index (κ3) is 8.10. The van der Waals surface area contributed by atoms with Gasteiger partial charge in [0.2, 0.25) is 0 Å². The molecule has 1 aromatic rings. The molecule has 0 aliphatic rings. The molecule has 0 saturated heterocycles. The minimum Gasteiger partial charge on any atom is -0.466 e. The van der Waals surface area contributed by atoms with Crippen LogP contribution in [0.25, 0.3) is 0 Å². The topological polar surface area (TPSA) is 105 Å². The number of allylic oxidation sites excluding steroid dienone is 5. The molecule has 0 amide bonds. The Morgan fingerprint density at radius 3 is 2.67 bits per heavy atom. The number of nitrogens with two attached hydrogens (primary N) is 1. The number of methoxy groups -OCH3 is 1. The van der Waals surface area contributed by atoms with Crippen LogP contribution in [-0.2, 0) is 20.3 Å². The van der Waals surface area contributed by atoms with Gasteiger partial charge in [-0.3, -0.25) is 4.21 Å². The predicted octanol–water partition coefficient (Wildman–Crippen LogP) is 3.78. The van der Waals surface area contributed by atoms with Gasteiger partial charge >= 0.3 is 5.97 Å². The molecule has 1 rings (SSSR count). The fourth-order valence-electron chi connectivity index (χ4n) is 1.78. The molecule has 144 valence electrons. The Morgan fingerprint density at radius 2 is 2.04 bits per heavy atom. The van der Waals surface area contributed by atoms with Crippen molar-refractivity contribution < 1.29 is 13.7 Å².